The number of H-pyrrole nitrogens is 1. The number of halogens is 1. The first-order valence-electron chi connectivity index (χ1n) is 8.96. The number of nitrogens with zero attached hydrogens (tertiary/aromatic N) is 4. The lowest BCUT2D eigenvalue weighted by Crippen LogP contribution is -2.15. The normalized spacial score (nSPS) is 17.0. The number of anilines is 3. The van der Waals surface area contributed by atoms with Crippen molar-refractivity contribution in [2.24, 2.45) is 0 Å². The van der Waals surface area contributed by atoms with E-state index in [2.05, 4.69) is 42.5 Å². The van der Waals surface area contributed by atoms with Crippen LogP contribution in [0.5, 0.6) is 0 Å². The van der Waals surface area contributed by atoms with Gasteiger partial charge in [-0.1, -0.05) is 11.6 Å². The van der Waals surface area contributed by atoms with Gasteiger partial charge in [0.15, 0.2) is 17.5 Å². The van der Waals surface area contributed by atoms with Crippen LogP contribution in [0, 0.1) is 0 Å². The molecule has 0 amide bonds. The zero-order valence-corrected chi connectivity index (χ0v) is 15.8. The maximum absolute atomic E-state index is 6.29. The highest BCUT2D eigenvalue weighted by Crippen LogP contribution is 2.40. The van der Waals surface area contributed by atoms with Crippen molar-refractivity contribution in [1.29, 1.82) is 0 Å². The summed E-state index contributed by atoms with van der Waals surface area (Å²) in [6, 6.07) is 6.28. The molecule has 2 fully saturated rings. The summed E-state index contributed by atoms with van der Waals surface area (Å²) >= 11 is 8.02. The maximum atomic E-state index is 6.29. The lowest BCUT2D eigenvalue weighted by molar-refractivity contribution is 0.949. The molecule has 0 aromatic carbocycles. The summed E-state index contributed by atoms with van der Waals surface area (Å²) in [7, 11) is 0. The van der Waals surface area contributed by atoms with Gasteiger partial charge in [-0.05, 0) is 37.8 Å². The summed E-state index contributed by atoms with van der Waals surface area (Å²) in [5, 5.41) is 12.4. The maximum Gasteiger partial charge on any atom is 0.171 e. The summed E-state index contributed by atoms with van der Waals surface area (Å²) in [5.41, 5.74) is 1.17. The molecular formula is C18H19ClN6S. The van der Waals surface area contributed by atoms with Crippen molar-refractivity contribution in [3.63, 3.8) is 0 Å². The number of thiophene rings is 1. The van der Waals surface area contributed by atoms with Crippen molar-refractivity contribution in [3.05, 3.63) is 35.1 Å². The molecule has 2 aliphatic rings. The highest BCUT2D eigenvalue weighted by Gasteiger charge is 2.25. The first-order valence-corrected chi connectivity index (χ1v) is 10.2. The monoisotopic (exact) mass is 386 g/mol. The third kappa shape index (κ3) is 3.17. The Hall–Kier alpha value is -2.12. The zero-order valence-electron chi connectivity index (χ0n) is 14.2. The van der Waals surface area contributed by atoms with Crippen LogP contribution in [-0.2, 0) is 0 Å². The number of aromatic amines is 1. The largest absolute Gasteiger partial charge is 0.363 e. The minimum Gasteiger partial charge on any atom is -0.363 e. The Labute approximate surface area is 160 Å². The molecule has 4 heterocycles. The smallest absolute Gasteiger partial charge is 0.171 e. The molecule has 0 spiro atoms. The Bertz CT molecular complexity index is 925. The lowest BCUT2D eigenvalue weighted by Gasteiger charge is -2.13. The van der Waals surface area contributed by atoms with Gasteiger partial charge in [0.05, 0.1) is 16.1 Å². The third-order valence-corrected chi connectivity index (χ3v) is 6.25. The molecule has 0 bridgehead atoms. The summed E-state index contributed by atoms with van der Waals surface area (Å²) in [4.78, 5) is 12.5. The standard InChI is InChI=1S/C18H19ClN6S/c19-12-10-20-18(14-5-6-16(26-14)25-7-1-2-8-25)22-17(12)21-15-9-13(23-24-15)11-3-4-11/h5-6,9-11H,1-4,7-8H2,(H2,20,21,22,23,24). The van der Waals surface area contributed by atoms with E-state index in [1.54, 1.807) is 17.5 Å². The van der Waals surface area contributed by atoms with Crippen LogP contribution >= 0.6 is 22.9 Å². The predicted octanol–water partition coefficient (Wildman–Crippen LogP) is 4.80. The minimum atomic E-state index is 0.487. The van der Waals surface area contributed by atoms with Crippen LogP contribution in [0.25, 0.3) is 10.7 Å². The van der Waals surface area contributed by atoms with E-state index in [9.17, 15) is 0 Å². The van der Waals surface area contributed by atoms with E-state index < -0.39 is 0 Å². The van der Waals surface area contributed by atoms with Gasteiger partial charge in [-0.2, -0.15) is 5.10 Å². The quantitative estimate of drug-likeness (QED) is 0.658. The van der Waals surface area contributed by atoms with Crippen LogP contribution in [0.4, 0.5) is 16.6 Å². The van der Waals surface area contributed by atoms with Crippen molar-refractivity contribution < 1.29 is 0 Å². The SMILES string of the molecule is Clc1cnc(-c2ccc(N3CCCC3)s2)nc1Nc1cc(C2CC2)[nH]n1. The second-order valence-electron chi connectivity index (χ2n) is 6.83. The number of rotatable bonds is 5. The van der Waals surface area contributed by atoms with Gasteiger partial charge in [-0.25, -0.2) is 9.97 Å². The van der Waals surface area contributed by atoms with Gasteiger partial charge in [-0.3, -0.25) is 5.10 Å². The number of aromatic nitrogens is 4. The average molecular weight is 387 g/mol. The van der Waals surface area contributed by atoms with E-state index >= 15 is 0 Å². The molecule has 3 aromatic rings. The van der Waals surface area contributed by atoms with E-state index in [0.29, 0.717) is 22.6 Å². The van der Waals surface area contributed by atoms with E-state index in [4.69, 9.17) is 11.6 Å². The fourth-order valence-corrected chi connectivity index (χ4v) is 4.39. The van der Waals surface area contributed by atoms with Gasteiger partial charge in [0.2, 0.25) is 0 Å². The topological polar surface area (TPSA) is 69.7 Å². The molecule has 3 aromatic heterocycles. The number of nitrogens with one attached hydrogen (secondary N) is 2. The van der Waals surface area contributed by atoms with E-state index in [0.717, 1.165) is 23.8 Å². The van der Waals surface area contributed by atoms with Crippen molar-refractivity contribution in [2.45, 2.75) is 31.6 Å². The van der Waals surface area contributed by atoms with Crippen LogP contribution in [0.3, 0.4) is 0 Å². The van der Waals surface area contributed by atoms with Crippen LogP contribution in [-0.4, -0.2) is 33.3 Å². The minimum absolute atomic E-state index is 0.487. The van der Waals surface area contributed by atoms with Gasteiger partial charge in [0.25, 0.3) is 0 Å². The second kappa shape index (κ2) is 6.55. The molecule has 0 radical (unpaired) electrons. The van der Waals surface area contributed by atoms with E-state index in [1.807, 2.05) is 6.07 Å². The Balaban J connectivity index is 1.38. The Kier molecular flexibility index (Phi) is 4.05. The molecular weight excluding hydrogens is 368 g/mol. The van der Waals surface area contributed by atoms with Gasteiger partial charge >= 0.3 is 0 Å². The molecule has 134 valence electrons. The highest BCUT2D eigenvalue weighted by molar-refractivity contribution is 7.19. The molecule has 1 saturated heterocycles. The first-order chi connectivity index (χ1) is 12.8. The third-order valence-electron chi connectivity index (χ3n) is 4.84. The molecule has 26 heavy (non-hydrogen) atoms. The lowest BCUT2D eigenvalue weighted by atomic mass is 10.3. The zero-order chi connectivity index (χ0) is 17.5. The highest BCUT2D eigenvalue weighted by atomic mass is 35.5. The summed E-state index contributed by atoms with van der Waals surface area (Å²) in [6.07, 6.45) is 6.65. The van der Waals surface area contributed by atoms with Gasteiger partial charge in [-0.15, -0.1) is 11.3 Å². The molecule has 1 aliphatic heterocycles. The van der Waals surface area contributed by atoms with Crippen molar-refractivity contribution in [2.75, 3.05) is 23.3 Å². The molecule has 5 rings (SSSR count). The van der Waals surface area contributed by atoms with Crippen LogP contribution < -0.4 is 10.2 Å². The van der Waals surface area contributed by atoms with Gasteiger partial charge < -0.3 is 10.2 Å². The van der Waals surface area contributed by atoms with Gasteiger partial charge in [0.1, 0.15) is 5.02 Å². The Morgan fingerprint density at radius 3 is 2.88 bits per heavy atom. The van der Waals surface area contributed by atoms with Gasteiger partial charge in [0, 0.05) is 30.8 Å². The molecule has 2 N–H and O–H groups in total. The van der Waals surface area contributed by atoms with E-state index in [-0.39, 0.29) is 0 Å². The van der Waals surface area contributed by atoms with Crippen molar-refractivity contribution in [3.8, 4) is 10.7 Å². The Morgan fingerprint density at radius 2 is 2.08 bits per heavy atom. The summed E-state index contributed by atoms with van der Waals surface area (Å²) in [5.74, 6) is 2.64. The second-order valence-corrected chi connectivity index (χ2v) is 8.30. The summed E-state index contributed by atoms with van der Waals surface area (Å²) < 4.78 is 0. The average Bonchev–Trinajstić information content (AvgIpc) is 3.09. The summed E-state index contributed by atoms with van der Waals surface area (Å²) in [6.45, 7) is 2.27. The van der Waals surface area contributed by atoms with Crippen molar-refractivity contribution >= 4 is 39.6 Å². The Morgan fingerprint density at radius 1 is 1.23 bits per heavy atom. The van der Waals surface area contributed by atoms with E-state index in [1.165, 1.54) is 36.4 Å². The number of hydrogen-bond acceptors (Lipinski definition) is 6. The fraction of sp³-hybridized carbons (Fsp3) is 0.389. The molecule has 1 saturated carbocycles. The first kappa shape index (κ1) is 16.1. The molecule has 0 unspecified atom stereocenters. The number of hydrogen-bond donors (Lipinski definition) is 2. The molecule has 0 atom stereocenters. The fourth-order valence-electron chi connectivity index (χ4n) is 3.25. The van der Waals surface area contributed by atoms with Crippen molar-refractivity contribution in [1.82, 2.24) is 20.2 Å². The van der Waals surface area contributed by atoms with Crippen LogP contribution in [0.15, 0.2) is 24.4 Å². The molecule has 1 aliphatic carbocycles. The molecule has 6 nitrogen and oxygen atoms in total. The van der Waals surface area contributed by atoms with Crippen LogP contribution in [0.1, 0.15) is 37.3 Å². The predicted molar refractivity (Wildman–Crippen MR) is 106 cm³/mol. The molecule has 8 heteroatoms. The van der Waals surface area contributed by atoms with Crippen LogP contribution in [0.2, 0.25) is 5.02 Å².